The number of hydrogen-bond acceptors (Lipinski definition) is 1. The minimum atomic E-state index is 1.08. The summed E-state index contributed by atoms with van der Waals surface area (Å²) in [5.74, 6) is 0. The number of aromatic nitrogens is 1. The Balaban J connectivity index is 0.919. The average molecular weight is 917 g/mol. The van der Waals surface area contributed by atoms with Crippen molar-refractivity contribution in [3.8, 4) is 72.4 Å². The SMILES string of the molecule is c1ccc(-c2ccc(-c3ccc(N(c4ccc(-c5ccccc5)cc4)c4ccc(-c5cc(-c6ccc7ccccc7c6)cc(-c6cccc7c6c6ccccc6n7-c6ccccc6)c5)cc4)cc3)cc2)cc1. The summed E-state index contributed by atoms with van der Waals surface area (Å²) in [7, 11) is 0. The van der Waals surface area contributed by atoms with Gasteiger partial charge in [0.1, 0.15) is 0 Å². The number of fused-ring (bicyclic) bond motifs is 4. The molecule has 13 rings (SSSR count). The van der Waals surface area contributed by atoms with E-state index in [0.717, 1.165) is 33.9 Å². The first-order chi connectivity index (χ1) is 35.7. The number of para-hydroxylation sites is 2. The molecule has 0 aliphatic rings. The van der Waals surface area contributed by atoms with Crippen LogP contribution in [-0.4, -0.2) is 4.57 Å². The second kappa shape index (κ2) is 18.4. The van der Waals surface area contributed by atoms with Crippen molar-refractivity contribution in [1.82, 2.24) is 4.57 Å². The molecule has 0 fully saturated rings. The van der Waals surface area contributed by atoms with Gasteiger partial charge in [-0.1, -0.05) is 206 Å². The normalized spacial score (nSPS) is 11.3. The van der Waals surface area contributed by atoms with Crippen LogP contribution in [0.25, 0.3) is 105 Å². The maximum atomic E-state index is 2.40. The number of benzene rings is 12. The van der Waals surface area contributed by atoms with Gasteiger partial charge in [0.25, 0.3) is 0 Å². The van der Waals surface area contributed by atoms with Crippen LogP contribution in [-0.2, 0) is 0 Å². The smallest absolute Gasteiger partial charge is 0.0547 e. The Hall–Kier alpha value is -9.50. The monoisotopic (exact) mass is 916 g/mol. The highest BCUT2D eigenvalue weighted by Crippen LogP contribution is 2.43. The Morgan fingerprint density at radius 2 is 0.639 bits per heavy atom. The molecule has 0 aliphatic heterocycles. The van der Waals surface area contributed by atoms with Crippen LogP contribution in [0.4, 0.5) is 17.1 Å². The third kappa shape index (κ3) is 8.01. The minimum Gasteiger partial charge on any atom is -0.311 e. The summed E-state index contributed by atoms with van der Waals surface area (Å²) in [5, 5.41) is 4.95. The van der Waals surface area contributed by atoms with E-state index in [1.54, 1.807) is 0 Å². The molecule has 0 amide bonds. The molecule has 0 radical (unpaired) electrons. The van der Waals surface area contributed by atoms with Crippen LogP contribution < -0.4 is 4.90 Å². The molecule has 72 heavy (non-hydrogen) atoms. The van der Waals surface area contributed by atoms with E-state index in [9.17, 15) is 0 Å². The lowest BCUT2D eigenvalue weighted by Crippen LogP contribution is -2.09. The third-order valence-electron chi connectivity index (χ3n) is 14.2. The van der Waals surface area contributed by atoms with Gasteiger partial charge in [-0.25, -0.2) is 0 Å². The fraction of sp³-hybridized carbons (Fsp3) is 0. The van der Waals surface area contributed by atoms with E-state index in [1.165, 1.54) is 88.2 Å². The van der Waals surface area contributed by atoms with E-state index in [0.29, 0.717) is 0 Å². The molecule has 2 nitrogen and oxygen atoms in total. The van der Waals surface area contributed by atoms with E-state index in [-0.39, 0.29) is 0 Å². The van der Waals surface area contributed by atoms with Gasteiger partial charge in [0.15, 0.2) is 0 Å². The molecule has 1 aromatic heterocycles. The van der Waals surface area contributed by atoms with Crippen LogP contribution >= 0.6 is 0 Å². The summed E-state index contributed by atoms with van der Waals surface area (Å²) in [6.45, 7) is 0. The van der Waals surface area contributed by atoms with E-state index in [4.69, 9.17) is 0 Å². The molecule has 0 atom stereocenters. The van der Waals surface area contributed by atoms with Gasteiger partial charge in [0, 0.05) is 33.5 Å². The Kier molecular flexibility index (Phi) is 10.9. The summed E-state index contributed by atoms with van der Waals surface area (Å²) < 4.78 is 2.40. The summed E-state index contributed by atoms with van der Waals surface area (Å²) >= 11 is 0. The van der Waals surface area contributed by atoms with Crippen LogP contribution in [0.15, 0.2) is 291 Å². The minimum absolute atomic E-state index is 1.08. The molecule has 0 spiro atoms. The zero-order valence-corrected chi connectivity index (χ0v) is 39.6. The van der Waals surface area contributed by atoms with E-state index in [2.05, 4.69) is 301 Å². The van der Waals surface area contributed by atoms with Crippen molar-refractivity contribution in [3.63, 3.8) is 0 Å². The molecule has 338 valence electrons. The van der Waals surface area contributed by atoms with Crippen molar-refractivity contribution in [3.05, 3.63) is 291 Å². The van der Waals surface area contributed by atoms with E-state index < -0.39 is 0 Å². The fourth-order valence-corrected chi connectivity index (χ4v) is 10.6. The van der Waals surface area contributed by atoms with Crippen molar-refractivity contribution >= 4 is 49.6 Å². The lowest BCUT2D eigenvalue weighted by molar-refractivity contribution is 1.18. The predicted molar refractivity (Wildman–Crippen MR) is 306 cm³/mol. The van der Waals surface area contributed by atoms with Gasteiger partial charge in [0.2, 0.25) is 0 Å². The third-order valence-corrected chi connectivity index (χ3v) is 14.2. The molecule has 0 N–H and O–H groups in total. The zero-order chi connectivity index (χ0) is 47.8. The second-order valence-electron chi connectivity index (χ2n) is 18.5. The Labute approximate surface area is 420 Å². The van der Waals surface area contributed by atoms with Crippen molar-refractivity contribution in [2.24, 2.45) is 0 Å². The molecule has 0 unspecified atom stereocenters. The second-order valence-corrected chi connectivity index (χ2v) is 18.5. The standard InChI is InChI=1S/C70H48N2/c1-4-15-49(16-5-1)52-27-29-53(30-28-52)55-35-41-64(42-36-55)71(63-39-33-54(34-40-63)50-17-6-2-7-18-50)65-43-37-56(38-44-65)59-46-60(58-32-31-51-19-10-11-20-57(51)45-58)48-61(47-59)66-24-14-26-69-70(66)67-23-12-13-25-68(67)72(69)62-21-8-3-9-22-62/h1-48H. The van der Waals surface area contributed by atoms with Gasteiger partial charge in [-0.3, -0.25) is 0 Å². The lowest BCUT2D eigenvalue weighted by Gasteiger charge is -2.26. The molecule has 0 saturated heterocycles. The molecular weight excluding hydrogens is 869 g/mol. The molecule has 0 bridgehead atoms. The van der Waals surface area contributed by atoms with Crippen molar-refractivity contribution in [2.45, 2.75) is 0 Å². The highest BCUT2D eigenvalue weighted by Gasteiger charge is 2.19. The summed E-state index contributed by atoms with van der Waals surface area (Å²) in [6.07, 6.45) is 0. The van der Waals surface area contributed by atoms with Crippen LogP contribution in [0.3, 0.4) is 0 Å². The predicted octanol–water partition coefficient (Wildman–Crippen LogP) is 19.4. The van der Waals surface area contributed by atoms with Gasteiger partial charge in [-0.15, -0.1) is 0 Å². The number of rotatable bonds is 10. The Bertz CT molecular complexity index is 4030. The highest BCUT2D eigenvalue weighted by atomic mass is 15.1. The van der Waals surface area contributed by atoms with Gasteiger partial charge >= 0.3 is 0 Å². The zero-order valence-electron chi connectivity index (χ0n) is 39.6. The molecule has 0 aliphatic carbocycles. The summed E-state index contributed by atoms with van der Waals surface area (Å²) in [5.41, 5.74) is 21.0. The maximum absolute atomic E-state index is 2.40. The van der Waals surface area contributed by atoms with Gasteiger partial charge in [-0.05, 0) is 162 Å². The average Bonchev–Trinajstić information content (AvgIpc) is 3.81. The first kappa shape index (κ1) is 42.6. The summed E-state index contributed by atoms with van der Waals surface area (Å²) in [4.78, 5) is 2.36. The maximum Gasteiger partial charge on any atom is 0.0547 e. The van der Waals surface area contributed by atoms with Crippen LogP contribution in [0.5, 0.6) is 0 Å². The van der Waals surface area contributed by atoms with Crippen LogP contribution in [0.2, 0.25) is 0 Å². The first-order valence-electron chi connectivity index (χ1n) is 24.7. The van der Waals surface area contributed by atoms with Crippen molar-refractivity contribution in [1.29, 1.82) is 0 Å². The fourth-order valence-electron chi connectivity index (χ4n) is 10.6. The molecule has 12 aromatic carbocycles. The van der Waals surface area contributed by atoms with Gasteiger partial charge < -0.3 is 9.47 Å². The van der Waals surface area contributed by atoms with Crippen molar-refractivity contribution < 1.29 is 0 Å². The summed E-state index contributed by atoms with van der Waals surface area (Å²) in [6, 6.07) is 106. The molecular formula is C70H48N2. The molecule has 1 heterocycles. The highest BCUT2D eigenvalue weighted by molar-refractivity contribution is 6.16. The lowest BCUT2D eigenvalue weighted by atomic mass is 9.91. The van der Waals surface area contributed by atoms with Gasteiger partial charge in [-0.2, -0.15) is 0 Å². The molecule has 13 aromatic rings. The number of hydrogen-bond donors (Lipinski definition) is 0. The van der Waals surface area contributed by atoms with E-state index in [1.807, 2.05) is 0 Å². The van der Waals surface area contributed by atoms with Gasteiger partial charge in [0.05, 0.1) is 11.0 Å². The Morgan fingerprint density at radius 3 is 1.21 bits per heavy atom. The van der Waals surface area contributed by atoms with Crippen LogP contribution in [0, 0.1) is 0 Å². The topological polar surface area (TPSA) is 8.17 Å². The molecule has 2 heteroatoms. The number of nitrogens with zero attached hydrogens (tertiary/aromatic N) is 2. The quantitative estimate of drug-likeness (QED) is 0.133. The van der Waals surface area contributed by atoms with E-state index >= 15 is 0 Å². The van der Waals surface area contributed by atoms with Crippen LogP contribution in [0.1, 0.15) is 0 Å². The first-order valence-corrected chi connectivity index (χ1v) is 24.7. The van der Waals surface area contributed by atoms with Crippen molar-refractivity contribution in [2.75, 3.05) is 4.90 Å². The number of anilines is 3. The largest absolute Gasteiger partial charge is 0.311 e. The Morgan fingerprint density at radius 1 is 0.236 bits per heavy atom. The molecule has 0 saturated carbocycles.